The van der Waals surface area contributed by atoms with E-state index in [0.717, 1.165) is 6.42 Å². The van der Waals surface area contributed by atoms with Gasteiger partial charge in [0.2, 0.25) is 0 Å². The molecule has 7 nitrogen and oxygen atoms in total. The lowest BCUT2D eigenvalue weighted by Crippen LogP contribution is -2.26. The first-order valence-corrected chi connectivity index (χ1v) is 7.95. The maximum atomic E-state index is 12.4. The molecule has 0 saturated heterocycles. The summed E-state index contributed by atoms with van der Waals surface area (Å²) in [5, 5.41) is 7.08. The molecule has 8 heteroatoms. The zero-order valence-electron chi connectivity index (χ0n) is 13.0. The smallest absolute Gasteiger partial charge is 0.276 e. The van der Waals surface area contributed by atoms with Gasteiger partial charge in [0.25, 0.3) is 11.5 Å². The van der Waals surface area contributed by atoms with Crippen LogP contribution in [0.2, 0.25) is 5.02 Å². The maximum Gasteiger partial charge on any atom is 0.276 e. The fourth-order valence-corrected chi connectivity index (χ4v) is 2.49. The Hall–Kier alpha value is -2.54. The lowest BCUT2D eigenvalue weighted by Gasteiger charge is -2.20. The highest BCUT2D eigenvalue weighted by Gasteiger charge is 2.17. The molecule has 0 fully saturated rings. The van der Waals surface area contributed by atoms with Crippen LogP contribution in [0.15, 0.2) is 29.1 Å². The molecule has 2 aromatic rings. The number of carbonyl (C=O) groups excluding carboxylic acids is 1. The number of carbonyl (C=O) groups is 1. The molecule has 0 unspecified atom stereocenters. The van der Waals surface area contributed by atoms with E-state index in [1.54, 1.807) is 12.1 Å². The summed E-state index contributed by atoms with van der Waals surface area (Å²) in [7, 11) is 0. The zero-order valence-corrected chi connectivity index (χ0v) is 13.8. The van der Waals surface area contributed by atoms with Gasteiger partial charge in [-0.1, -0.05) is 18.5 Å². The number of nitrogens with one attached hydrogen (secondary N) is 1. The average molecular weight is 350 g/mol. The summed E-state index contributed by atoms with van der Waals surface area (Å²) in [6.45, 7) is 3.27. The summed E-state index contributed by atoms with van der Waals surface area (Å²) in [4.78, 5) is 24.1. The van der Waals surface area contributed by atoms with E-state index >= 15 is 0 Å². The van der Waals surface area contributed by atoms with Gasteiger partial charge in [-0.2, -0.15) is 5.10 Å². The Morgan fingerprint density at radius 1 is 1.29 bits per heavy atom. The first-order valence-electron chi connectivity index (χ1n) is 7.57. The van der Waals surface area contributed by atoms with Gasteiger partial charge >= 0.3 is 0 Å². The maximum absolute atomic E-state index is 12.4. The van der Waals surface area contributed by atoms with Crippen molar-refractivity contribution < 1.29 is 14.3 Å². The van der Waals surface area contributed by atoms with Gasteiger partial charge in [-0.05, 0) is 12.5 Å². The lowest BCUT2D eigenvalue weighted by atomic mass is 10.2. The third-order valence-corrected chi connectivity index (χ3v) is 3.73. The average Bonchev–Trinajstić information content (AvgIpc) is 2.57. The summed E-state index contributed by atoms with van der Waals surface area (Å²) in [5.74, 6) is 0.599. The number of ether oxygens (including phenoxy) is 2. The highest BCUT2D eigenvalue weighted by atomic mass is 35.5. The van der Waals surface area contributed by atoms with Crippen molar-refractivity contribution in [2.75, 3.05) is 18.5 Å². The minimum atomic E-state index is -0.460. The Labute approximate surface area is 143 Å². The summed E-state index contributed by atoms with van der Waals surface area (Å²) in [6.07, 6.45) is 0.742. The predicted octanol–water partition coefficient (Wildman–Crippen LogP) is 2.33. The van der Waals surface area contributed by atoms with Crippen LogP contribution in [0.25, 0.3) is 0 Å². The fourth-order valence-electron chi connectivity index (χ4n) is 2.29. The van der Waals surface area contributed by atoms with E-state index in [2.05, 4.69) is 10.4 Å². The molecule has 1 aliphatic rings. The predicted molar refractivity (Wildman–Crippen MR) is 89.2 cm³/mol. The highest BCUT2D eigenvalue weighted by Crippen LogP contribution is 2.38. The number of hydrogen-bond acceptors (Lipinski definition) is 5. The summed E-state index contributed by atoms with van der Waals surface area (Å²) in [6, 6.07) is 5.91. The van der Waals surface area contributed by atoms with Gasteiger partial charge in [-0.15, -0.1) is 0 Å². The van der Waals surface area contributed by atoms with E-state index in [0.29, 0.717) is 42.0 Å². The van der Waals surface area contributed by atoms with E-state index < -0.39 is 5.91 Å². The van der Waals surface area contributed by atoms with Crippen LogP contribution in [0.5, 0.6) is 11.5 Å². The molecule has 1 aromatic heterocycles. The number of nitrogens with zero attached hydrogens (tertiary/aromatic N) is 2. The van der Waals surface area contributed by atoms with Crippen LogP contribution >= 0.6 is 11.6 Å². The van der Waals surface area contributed by atoms with Crippen molar-refractivity contribution in [2.45, 2.75) is 19.9 Å². The summed E-state index contributed by atoms with van der Waals surface area (Å²) < 4.78 is 12.2. The highest BCUT2D eigenvalue weighted by molar-refractivity contribution is 6.34. The van der Waals surface area contributed by atoms with Crippen molar-refractivity contribution in [1.29, 1.82) is 0 Å². The number of aromatic nitrogens is 2. The molecule has 1 aliphatic heterocycles. The van der Waals surface area contributed by atoms with E-state index in [1.807, 2.05) is 6.92 Å². The number of anilines is 1. The first-order chi connectivity index (χ1) is 11.6. The molecule has 0 saturated carbocycles. The SMILES string of the molecule is CCCn1nc(C(=O)Nc2cc3c(cc2Cl)OCCO3)ccc1=O. The van der Waals surface area contributed by atoms with Crippen LogP contribution in [0.4, 0.5) is 5.69 Å². The van der Waals surface area contributed by atoms with Gasteiger partial charge in [0.1, 0.15) is 18.9 Å². The molecular formula is C16H16ClN3O4. The van der Waals surface area contributed by atoms with E-state index in [-0.39, 0.29) is 11.3 Å². The number of rotatable bonds is 4. The largest absolute Gasteiger partial charge is 0.486 e. The first kappa shape index (κ1) is 16.3. The molecule has 1 N–H and O–H groups in total. The normalized spacial score (nSPS) is 12.8. The number of halogens is 1. The molecule has 2 heterocycles. The quantitative estimate of drug-likeness (QED) is 0.916. The second-order valence-corrected chi connectivity index (χ2v) is 5.62. The van der Waals surface area contributed by atoms with Crippen molar-refractivity contribution in [3.63, 3.8) is 0 Å². The molecule has 0 atom stereocenters. The molecule has 0 radical (unpaired) electrons. The van der Waals surface area contributed by atoms with E-state index in [4.69, 9.17) is 21.1 Å². The van der Waals surface area contributed by atoms with Gasteiger partial charge in [-0.3, -0.25) is 9.59 Å². The number of aryl methyl sites for hydroxylation is 1. The second kappa shape index (κ2) is 6.92. The third kappa shape index (κ3) is 3.35. The van der Waals surface area contributed by atoms with Crippen molar-refractivity contribution in [2.24, 2.45) is 0 Å². The van der Waals surface area contributed by atoms with Crippen molar-refractivity contribution >= 4 is 23.2 Å². The minimum absolute atomic E-state index is 0.133. The Morgan fingerprint density at radius 2 is 2.00 bits per heavy atom. The van der Waals surface area contributed by atoms with Crippen LogP contribution in [0, 0.1) is 0 Å². The summed E-state index contributed by atoms with van der Waals surface area (Å²) >= 11 is 6.17. The van der Waals surface area contributed by atoms with Crippen LogP contribution in [-0.4, -0.2) is 28.9 Å². The number of amides is 1. The number of fused-ring (bicyclic) bond motifs is 1. The molecular weight excluding hydrogens is 334 g/mol. The summed E-state index contributed by atoms with van der Waals surface area (Å²) in [5.41, 5.74) is 0.278. The Kier molecular flexibility index (Phi) is 4.71. The van der Waals surface area contributed by atoms with Crippen molar-refractivity contribution in [3.05, 3.63) is 45.3 Å². The fraction of sp³-hybridized carbons (Fsp3) is 0.312. The van der Waals surface area contributed by atoms with Crippen LogP contribution in [0.3, 0.4) is 0 Å². The van der Waals surface area contributed by atoms with Gasteiger partial charge in [0.15, 0.2) is 11.5 Å². The standard InChI is InChI=1S/C16H16ClN3O4/c1-2-5-20-15(21)4-3-11(19-20)16(22)18-12-9-14-13(8-10(12)17)23-6-7-24-14/h3-4,8-9H,2,5-7H2,1H3,(H,18,22). The van der Waals surface area contributed by atoms with E-state index in [1.165, 1.54) is 16.8 Å². The molecule has 126 valence electrons. The molecule has 0 spiro atoms. The van der Waals surface area contributed by atoms with E-state index in [9.17, 15) is 9.59 Å². The Balaban J connectivity index is 1.85. The van der Waals surface area contributed by atoms with Crippen LogP contribution < -0.4 is 20.3 Å². The molecule has 1 amide bonds. The van der Waals surface area contributed by atoms with Crippen molar-refractivity contribution in [3.8, 4) is 11.5 Å². The second-order valence-electron chi connectivity index (χ2n) is 5.21. The minimum Gasteiger partial charge on any atom is -0.486 e. The molecule has 0 aliphatic carbocycles. The lowest BCUT2D eigenvalue weighted by molar-refractivity contribution is 0.101. The number of benzene rings is 1. The zero-order chi connectivity index (χ0) is 17.1. The topological polar surface area (TPSA) is 82.5 Å². The van der Waals surface area contributed by atoms with Crippen LogP contribution in [0.1, 0.15) is 23.8 Å². The molecule has 24 heavy (non-hydrogen) atoms. The Morgan fingerprint density at radius 3 is 2.71 bits per heavy atom. The molecule has 1 aromatic carbocycles. The van der Waals surface area contributed by atoms with Crippen LogP contribution in [-0.2, 0) is 6.54 Å². The Bertz CT molecular complexity index is 835. The van der Waals surface area contributed by atoms with Gasteiger partial charge < -0.3 is 14.8 Å². The van der Waals surface area contributed by atoms with Gasteiger partial charge in [0, 0.05) is 24.7 Å². The number of hydrogen-bond donors (Lipinski definition) is 1. The van der Waals surface area contributed by atoms with Gasteiger partial charge in [0.05, 0.1) is 10.7 Å². The molecule has 3 rings (SSSR count). The third-order valence-electron chi connectivity index (χ3n) is 3.41. The van der Waals surface area contributed by atoms with Crippen molar-refractivity contribution in [1.82, 2.24) is 9.78 Å². The van der Waals surface area contributed by atoms with Gasteiger partial charge in [-0.25, -0.2) is 4.68 Å². The monoisotopic (exact) mass is 349 g/mol. The molecule has 0 bridgehead atoms.